The summed E-state index contributed by atoms with van der Waals surface area (Å²) in [6.07, 6.45) is -20.9. The molecule has 38 heavy (non-hydrogen) atoms. The molecule has 230 valence electrons. The Balaban J connectivity index is 6.50. The second-order valence-corrected chi connectivity index (χ2v) is 12.3. The van der Waals surface area contributed by atoms with Crippen LogP contribution in [0.5, 0.6) is 0 Å². The van der Waals surface area contributed by atoms with E-state index in [9.17, 15) is 35.1 Å². The van der Waals surface area contributed by atoms with Crippen molar-refractivity contribution in [2.75, 3.05) is 0 Å². The summed E-state index contributed by atoms with van der Waals surface area (Å²) in [5.74, 6) is -5.46. The molecule has 0 saturated carbocycles. The van der Waals surface area contributed by atoms with Crippen molar-refractivity contribution in [2.24, 2.45) is 16.2 Å². The van der Waals surface area contributed by atoms with E-state index in [2.05, 4.69) is 14.2 Å². The Hall–Kier alpha value is -0.960. The lowest BCUT2D eigenvalue weighted by Crippen LogP contribution is -2.66. The Labute approximate surface area is 214 Å². The van der Waals surface area contributed by atoms with Crippen LogP contribution in [0.25, 0.3) is 0 Å². The van der Waals surface area contributed by atoms with Crippen molar-refractivity contribution in [3.63, 3.8) is 0 Å². The number of rotatable bonds is 11. The van der Waals surface area contributed by atoms with Crippen molar-refractivity contribution in [1.82, 2.24) is 0 Å². The van der Waals surface area contributed by atoms with Gasteiger partial charge in [0.05, 0.1) is 33.0 Å². The summed E-state index contributed by atoms with van der Waals surface area (Å²) in [6.45, 7) is 6.25. The van der Waals surface area contributed by atoms with Crippen molar-refractivity contribution in [2.45, 2.75) is 131 Å². The number of hydrogen-bond acceptors (Lipinski definition) is 3. The molecule has 15 heteroatoms. The van der Waals surface area contributed by atoms with Gasteiger partial charge in [-0.3, -0.25) is 4.74 Å². The second kappa shape index (κ2) is 9.56. The van der Waals surface area contributed by atoms with Crippen LogP contribution in [0.3, 0.4) is 0 Å². The van der Waals surface area contributed by atoms with E-state index in [0.717, 1.165) is 0 Å². The number of hydrogen-bond donors (Lipinski definition) is 0. The predicted octanol–water partition coefficient (Wildman–Crippen LogP) is 9.35. The Morgan fingerprint density at radius 1 is 0.342 bits per heavy atom. The normalized spacial score (nSPS) is 16.7. The standard InChI is InChI=1S/C23H36F12O3/c1-13(2,19(24,25)22(31,32)37-17(9,10)14(3,4)20(26,27)28)16(7,8)36-21(29,30)15(5,6)18(11,12)38-23(33,34)35/h1-12H3. The van der Waals surface area contributed by atoms with E-state index < -0.39 is 63.7 Å². The van der Waals surface area contributed by atoms with E-state index in [-0.39, 0.29) is 0 Å². The molecule has 0 saturated heterocycles. The van der Waals surface area contributed by atoms with Crippen LogP contribution in [-0.4, -0.2) is 47.5 Å². The fraction of sp³-hybridized carbons (Fsp3) is 1.00. The lowest BCUT2D eigenvalue weighted by molar-refractivity contribution is -0.454. The summed E-state index contributed by atoms with van der Waals surface area (Å²) in [5.41, 5.74) is -17.9. The zero-order valence-corrected chi connectivity index (χ0v) is 23.3. The SMILES string of the molecule is CC(C)(OC(F)(F)C(F)(F)C(C)(C)C(C)(C)OC(F)(F)C(C)(C)C(C)(C)OC(F)(F)F)C(C)(C)C(F)(F)F. The third-order valence-corrected chi connectivity index (χ3v) is 8.24. The minimum absolute atomic E-state index is 0.382. The summed E-state index contributed by atoms with van der Waals surface area (Å²) < 4.78 is 182. The molecule has 0 rings (SSSR count). The summed E-state index contributed by atoms with van der Waals surface area (Å²) in [5, 5.41) is 0. The Kier molecular flexibility index (Phi) is 9.32. The average molecular weight is 589 g/mol. The summed E-state index contributed by atoms with van der Waals surface area (Å²) >= 11 is 0. The van der Waals surface area contributed by atoms with Crippen molar-refractivity contribution in [1.29, 1.82) is 0 Å². The molecule has 0 aliphatic carbocycles. The van der Waals surface area contributed by atoms with Crippen LogP contribution in [0.1, 0.15) is 83.1 Å². The molecule has 0 spiro atoms. The summed E-state index contributed by atoms with van der Waals surface area (Å²) in [4.78, 5) is 0. The lowest BCUT2D eigenvalue weighted by Gasteiger charge is -2.53. The van der Waals surface area contributed by atoms with Gasteiger partial charge in [0.1, 0.15) is 0 Å². The highest BCUT2D eigenvalue weighted by molar-refractivity contribution is 5.05. The zero-order valence-electron chi connectivity index (χ0n) is 23.3. The van der Waals surface area contributed by atoms with Crippen LogP contribution < -0.4 is 0 Å². The van der Waals surface area contributed by atoms with Gasteiger partial charge in [0.15, 0.2) is 0 Å². The summed E-state index contributed by atoms with van der Waals surface area (Å²) in [6, 6.07) is 0. The molecule has 0 aromatic rings. The predicted molar refractivity (Wildman–Crippen MR) is 114 cm³/mol. The van der Waals surface area contributed by atoms with Gasteiger partial charge in [0.25, 0.3) is 0 Å². The van der Waals surface area contributed by atoms with Gasteiger partial charge in [-0.25, -0.2) is 0 Å². The monoisotopic (exact) mass is 588 g/mol. The van der Waals surface area contributed by atoms with Crippen molar-refractivity contribution < 1.29 is 66.9 Å². The minimum Gasteiger partial charge on any atom is -0.313 e. The Morgan fingerprint density at radius 3 is 0.947 bits per heavy atom. The molecule has 0 aliphatic heterocycles. The first-order chi connectivity index (χ1) is 15.9. The van der Waals surface area contributed by atoms with E-state index >= 15 is 17.6 Å². The smallest absolute Gasteiger partial charge is 0.313 e. The highest BCUT2D eigenvalue weighted by atomic mass is 19.4. The fourth-order valence-electron chi connectivity index (χ4n) is 2.94. The van der Waals surface area contributed by atoms with Gasteiger partial charge in [-0.2, -0.15) is 39.5 Å². The first-order valence-electron chi connectivity index (χ1n) is 11.2. The third kappa shape index (κ3) is 6.34. The maximum absolute atomic E-state index is 15.4. The molecular formula is C23H36F12O3. The first kappa shape index (κ1) is 37.0. The maximum atomic E-state index is 15.4. The third-order valence-electron chi connectivity index (χ3n) is 8.24. The van der Waals surface area contributed by atoms with Gasteiger partial charge in [-0.05, 0) is 69.2 Å². The molecule has 0 bridgehead atoms. The molecule has 0 unspecified atom stereocenters. The van der Waals surface area contributed by atoms with Crippen LogP contribution in [0.4, 0.5) is 52.7 Å². The van der Waals surface area contributed by atoms with Gasteiger partial charge in [-0.1, -0.05) is 13.8 Å². The fourth-order valence-corrected chi connectivity index (χ4v) is 2.94. The molecule has 0 radical (unpaired) electrons. The van der Waals surface area contributed by atoms with Crippen LogP contribution in [0.15, 0.2) is 0 Å². The van der Waals surface area contributed by atoms with Crippen molar-refractivity contribution >= 4 is 0 Å². The molecule has 0 heterocycles. The molecule has 3 nitrogen and oxygen atoms in total. The van der Waals surface area contributed by atoms with E-state index in [1.165, 1.54) is 0 Å². The molecule has 0 amide bonds. The average Bonchev–Trinajstić information content (AvgIpc) is 2.55. The Bertz CT molecular complexity index is 836. The van der Waals surface area contributed by atoms with Gasteiger partial charge in [-0.15, -0.1) is 13.2 Å². The number of alkyl halides is 12. The van der Waals surface area contributed by atoms with Crippen LogP contribution in [-0.2, 0) is 14.2 Å². The molecule has 0 aromatic carbocycles. The quantitative estimate of drug-likeness (QED) is 0.225. The van der Waals surface area contributed by atoms with Gasteiger partial charge in [0.2, 0.25) is 0 Å². The molecule has 0 N–H and O–H groups in total. The molecule has 0 aromatic heterocycles. The van der Waals surface area contributed by atoms with Crippen molar-refractivity contribution in [3.8, 4) is 0 Å². The Morgan fingerprint density at radius 2 is 0.632 bits per heavy atom. The van der Waals surface area contributed by atoms with Gasteiger partial charge >= 0.3 is 30.7 Å². The molecule has 0 aliphatic rings. The highest BCUT2D eigenvalue weighted by Gasteiger charge is 2.75. The topological polar surface area (TPSA) is 27.7 Å². The first-order valence-corrected chi connectivity index (χ1v) is 11.2. The van der Waals surface area contributed by atoms with Crippen LogP contribution in [0, 0.1) is 16.2 Å². The van der Waals surface area contributed by atoms with Crippen molar-refractivity contribution in [3.05, 3.63) is 0 Å². The van der Waals surface area contributed by atoms with E-state index in [1.807, 2.05) is 0 Å². The summed E-state index contributed by atoms with van der Waals surface area (Å²) in [7, 11) is 0. The van der Waals surface area contributed by atoms with Gasteiger partial charge < -0.3 is 9.47 Å². The zero-order chi connectivity index (χ0) is 31.6. The highest BCUT2D eigenvalue weighted by Crippen LogP contribution is 2.59. The van der Waals surface area contributed by atoms with Crippen LogP contribution in [0.2, 0.25) is 0 Å². The van der Waals surface area contributed by atoms with E-state index in [1.54, 1.807) is 0 Å². The largest absolute Gasteiger partial charge is 0.523 e. The number of halogens is 12. The number of ether oxygens (including phenoxy) is 3. The van der Waals surface area contributed by atoms with Gasteiger partial charge in [0, 0.05) is 0 Å². The van der Waals surface area contributed by atoms with E-state index in [4.69, 9.17) is 0 Å². The molecule has 0 fully saturated rings. The maximum Gasteiger partial charge on any atom is 0.523 e. The van der Waals surface area contributed by atoms with Crippen LogP contribution >= 0.6 is 0 Å². The van der Waals surface area contributed by atoms with E-state index in [0.29, 0.717) is 83.1 Å². The molecule has 0 atom stereocenters. The molecular weight excluding hydrogens is 552 g/mol. The second-order valence-electron chi connectivity index (χ2n) is 12.3. The lowest BCUT2D eigenvalue weighted by atomic mass is 9.70. The minimum atomic E-state index is -5.66.